The lowest BCUT2D eigenvalue weighted by atomic mass is 9.89. The Morgan fingerprint density at radius 2 is 1.73 bits per heavy atom. The highest BCUT2D eigenvalue weighted by Crippen LogP contribution is 2.57. The van der Waals surface area contributed by atoms with Crippen LogP contribution in [0.15, 0.2) is 0 Å². The summed E-state index contributed by atoms with van der Waals surface area (Å²) in [5.41, 5.74) is 0.427. The Bertz CT molecular complexity index is 188. The first-order chi connectivity index (χ1) is 6.87. The Morgan fingerprint density at radius 1 is 1.20 bits per heavy atom. The molecule has 0 radical (unpaired) electrons. The summed E-state index contributed by atoms with van der Waals surface area (Å²) < 4.78 is 0.481. The van der Waals surface area contributed by atoms with Crippen LogP contribution < -0.4 is 0 Å². The van der Waals surface area contributed by atoms with Crippen molar-refractivity contribution in [1.82, 2.24) is 0 Å². The minimum absolute atomic E-state index is 0.427. The molecule has 0 aliphatic carbocycles. The van der Waals surface area contributed by atoms with E-state index in [1.165, 1.54) is 23.7 Å². The van der Waals surface area contributed by atoms with Crippen LogP contribution in [0.4, 0.5) is 0 Å². The second-order valence-electron chi connectivity index (χ2n) is 5.37. The van der Waals surface area contributed by atoms with Gasteiger partial charge in [0, 0.05) is 11.5 Å². The Balaban J connectivity index is 2.51. The molecular formula is C12H24S3. The van der Waals surface area contributed by atoms with E-state index in [9.17, 15) is 0 Å². The zero-order valence-corrected chi connectivity index (χ0v) is 13.1. The second kappa shape index (κ2) is 5.59. The first-order valence-corrected chi connectivity index (χ1v) is 8.79. The molecule has 0 aromatic carbocycles. The SMILES string of the molecule is CC(C)SCCC1(C(C)(C)C)SCCS1. The van der Waals surface area contributed by atoms with E-state index < -0.39 is 0 Å². The van der Waals surface area contributed by atoms with Crippen molar-refractivity contribution in [3.63, 3.8) is 0 Å². The molecule has 90 valence electrons. The molecule has 0 spiro atoms. The van der Waals surface area contributed by atoms with Crippen molar-refractivity contribution in [3.05, 3.63) is 0 Å². The molecule has 0 N–H and O–H groups in total. The van der Waals surface area contributed by atoms with Crippen molar-refractivity contribution in [2.24, 2.45) is 5.41 Å². The van der Waals surface area contributed by atoms with Crippen LogP contribution in [0, 0.1) is 5.41 Å². The summed E-state index contributed by atoms with van der Waals surface area (Å²) in [4.78, 5) is 0. The van der Waals surface area contributed by atoms with Crippen LogP contribution in [0.1, 0.15) is 41.0 Å². The average molecular weight is 265 g/mol. The Kier molecular flexibility index (Phi) is 5.26. The van der Waals surface area contributed by atoms with E-state index in [4.69, 9.17) is 0 Å². The van der Waals surface area contributed by atoms with Crippen LogP contribution in [0.2, 0.25) is 0 Å². The van der Waals surface area contributed by atoms with E-state index in [1.54, 1.807) is 0 Å². The number of thioether (sulfide) groups is 3. The topological polar surface area (TPSA) is 0 Å². The first-order valence-electron chi connectivity index (χ1n) is 5.77. The van der Waals surface area contributed by atoms with Gasteiger partial charge in [-0.1, -0.05) is 34.6 Å². The molecule has 1 saturated heterocycles. The average Bonchev–Trinajstić information content (AvgIpc) is 2.51. The molecule has 0 nitrogen and oxygen atoms in total. The molecule has 1 aliphatic rings. The van der Waals surface area contributed by atoms with Gasteiger partial charge < -0.3 is 0 Å². The number of hydrogen-bond donors (Lipinski definition) is 0. The fraction of sp³-hybridized carbons (Fsp3) is 1.00. The summed E-state index contributed by atoms with van der Waals surface area (Å²) in [7, 11) is 0. The summed E-state index contributed by atoms with van der Waals surface area (Å²) in [5, 5.41) is 0.776. The molecule has 1 heterocycles. The molecule has 0 amide bonds. The fourth-order valence-electron chi connectivity index (χ4n) is 1.84. The fourth-order valence-corrected chi connectivity index (χ4v) is 6.51. The second-order valence-corrected chi connectivity index (χ2v) is 10.1. The standard InChI is InChI=1S/C12H24S3/c1-10(2)13-7-6-12(11(3,4)5)14-8-9-15-12/h10H,6-9H2,1-5H3. The van der Waals surface area contributed by atoms with Gasteiger partial charge in [0.05, 0.1) is 4.08 Å². The molecule has 0 aromatic rings. The van der Waals surface area contributed by atoms with Crippen molar-refractivity contribution in [1.29, 1.82) is 0 Å². The third-order valence-electron chi connectivity index (χ3n) is 2.78. The lowest BCUT2D eigenvalue weighted by molar-refractivity contribution is 0.363. The number of hydrogen-bond acceptors (Lipinski definition) is 3. The van der Waals surface area contributed by atoms with Crippen molar-refractivity contribution in [2.75, 3.05) is 17.3 Å². The van der Waals surface area contributed by atoms with Crippen molar-refractivity contribution in [3.8, 4) is 0 Å². The molecule has 1 aliphatic heterocycles. The summed E-state index contributed by atoms with van der Waals surface area (Å²) in [6.45, 7) is 11.8. The maximum absolute atomic E-state index is 2.40. The van der Waals surface area contributed by atoms with E-state index in [0.717, 1.165) is 5.25 Å². The lowest BCUT2D eigenvalue weighted by Crippen LogP contribution is -2.35. The highest BCUT2D eigenvalue weighted by atomic mass is 32.2. The summed E-state index contributed by atoms with van der Waals surface area (Å²) in [6.07, 6.45) is 1.36. The van der Waals surface area contributed by atoms with Gasteiger partial charge in [-0.05, 0) is 22.8 Å². The lowest BCUT2D eigenvalue weighted by Gasteiger charge is -2.40. The van der Waals surface area contributed by atoms with Gasteiger partial charge in [0.15, 0.2) is 0 Å². The Hall–Kier alpha value is 1.05. The highest BCUT2D eigenvalue weighted by Gasteiger charge is 2.45. The monoisotopic (exact) mass is 264 g/mol. The minimum atomic E-state index is 0.427. The van der Waals surface area contributed by atoms with Gasteiger partial charge in [-0.2, -0.15) is 11.8 Å². The molecule has 1 fully saturated rings. The maximum Gasteiger partial charge on any atom is 0.0667 e. The normalized spacial score (nSPS) is 21.2. The predicted molar refractivity (Wildman–Crippen MR) is 79.3 cm³/mol. The van der Waals surface area contributed by atoms with Crippen LogP contribution >= 0.6 is 35.3 Å². The zero-order chi connectivity index (χ0) is 11.5. The summed E-state index contributed by atoms with van der Waals surface area (Å²) >= 11 is 6.50. The molecule has 0 atom stereocenters. The summed E-state index contributed by atoms with van der Waals surface area (Å²) in [5.74, 6) is 4.00. The van der Waals surface area contributed by atoms with Crippen molar-refractivity contribution >= 4 is 35.3 Å². The van der Waals surface area contributed by atoms with Crippen LogP contribution in [-0.4, -0.2) is 26.6 Å². The van der Waals surface area contributed by atoms with Crippen molar-refractivity contribution < 1.29 is 0 Å². The Morgan fingerprint density at radius 3 is 2.13 bits per heavy atom. The largest absolute Gasteiger partial charge is 0.159 e. The van der Waals surface area contributed by atoms with E-state index in [2.05, 4.69) is 69.9 Å². The van der Waals surface area contributed by atoms with Gasteiger partial charge in [-0.3, -0.25) is 0 Å². The Labute approximate surface area is 108 Å². The molecule has 3 heteroatoms. The van der Waals surface area contributed by atoms with Crippen LogP contribution in [0.25, 0.3) is 0 Å². The van der Waals surface area contributed by atoms with Gasteiger partial charge in [0.2, 0.25) is 0 Å². The smallest absolute Gasteiger partial charge is 0.0667 e. The molecular weight excluding hydrogens is 240 g/mol. The molecule has 0 bridgehead atoms. The molecule has 15 heavy (non-hydrogen) atoms. The maximum atomic E-state index is 2.40. The van der Waals surface area contributed by atoms with E-state index in [-0.39, 0.29) is 0 Å². The molecule has 0 unspecified atom stereocenters. The summed E-state index contributed by atoms with van der Waals surface area (Å²) in [6, 6.07) is 0. The molecule has 0 saturated carbocycles. The van der Waals surface area contributed by atoms with E-state index in [1.807, 2.05) is 0 Å². The van der Waals surface area contributed by atoms with Gasteiger partial charge in [-0.15, -0.1) is 23.5 Å². The number of rotatable bonds is 4. The van der Waals surface area contributed by atoms with Gasteiger partial charge >= 0.3 is 0 Å². The van der Waals surface area contributed by atoms with Crippen molar-refractivity contribution in [2.45, 2.75) is 50.4 Å². The highest BCUT2D eigenvalue weighted by molar-refractivity contribution is 8.21. The zero-order valence-electron chi connectivity index (χ0n) is 10.6. The third kappa shape index (κ3) is 3.78. The van der Waals surface area contributed by atoms with Gasteiger partial charge in [0.25, 0.3) is 0 Å². The minimum Gasteiger partial charge on any atom is -0.159 e. The van der Waals surface area contributed by atoms with Crippen LogP contribution in [0.3, 0.4) is 0 Å². The van der Waals surface area contributed by atoms with Gasteiger partial charge in [-0.25, -0.2) is 0 Å². The van der Waals surface area contributed by atoms with E-state index in [0.29, 0.717) is 9.49 Å². The van der Waals surface area contributed by atoms with Gasteiger partial charge in [0.1, 0.15) is 0 Å². The van der Waals surface area contributed by atoms with Crippen LogP contribution in [-0.2, 0) is 0 Å². The third-order valence-corrected chi connectivity index (χ3v) is 8.23. The van der Waals surface area contributed by atoms with Crippen LogP contribution in [0.5, 0.6) is 0 Å². The molecule has 1 rings (SSSR count). The molecule has 0 aromatic heterocycles. The van der Waals surface area contributed by atoms with E-state index >= 15 is 0 Å². The first kappa shape index (κ1) is 14.1. The predicted octanol–water partition coefficient (Wildman–Crippen LogP) is 4.74. The quantitative estimate of drug-likeness (QED) is 0.720.